The van der Waals surface area contributed by atoms with E-state index in [2.05, 4.69) is 5.32 Å². The lowest BCUT2D eigenvalue weighted by Crippen LogP contribution is -2.42. The summed E-state index contributed by atoms with van der Waals surface area (Å²) in [5, 5.41) is 11.0. The van der Waals surface area contributed by atoms with Gasteiger partial charge < -0.3 is 5.32 Å². The average Bonchev–Trinajstić information content (AvgIpc) is 2.21. The third kappa shape index (κ3) is 2.76. The van der Waals surface area contributed by atoms with Gasteiger partial charge in [0.05, 0.1) is 11.6 Å². The molecule has 0 aliphatic carbocycles. The monoisotopic (exact) mass is 224 g/mol. The Labute approximate surface area is 91.7 Å². The van der Waals surface area contributed by atoms with Crippen LogP contribution in [-0.4, -0.2) is 11.4 Å². The highest BCUT2D eigenvalue weighted by Gasteiger charge is 2.22. The van der Waals surface area contributed by atoms with Gasteiger partial charge in [-0.15, -0.1) is 0 Å². The van der Waals surface area contributed by atoms with Crippen molar-refractivity contribution in [2.45, 2.75) is 19.4 Å². The molecule has 0 atom stereocenters. The second-order valence-corrected chi connectivity index (χ2v) is 3.82. The summed E-state index contributed by atoms with van der Waals surface area (Å²) in [6.07, 6.45) is 0. The number of hydrogen-bond acceptors (Lipinski definition) is 2. The fraction of sp³-hybridized carbons (Fsp3) is 0.273. The van der Waals surface area contributed by atoms with Crippen LogP contribution in [0.15, 0.2) is 18.2 Å². The Morgan fingerprint density at radius 3 is 2.62 bits per heavy atom. The topological polar surface area (TPSA) is 52.9 Å². The molecule has 0 aromatic heterocycles. The molecule has 16 heavy (non-hydrogen) atoms. The summed E-state index contributed by atoms with van der Waals surface area (Å²) >= 11 is 0. The minimum Gasteiger partial charge on any atom is -0.334 e. The summed E-state index contributed by atoms with van der Waals surface area (Å²) in [6, 6.07) is 4.40. The van der Waals surface area contributed by atoms with E-state index in [0.29, 0.717) is 0 Å². The van der Waals surface area contributed by atoms with Crippen molar-refractivity contribution in [3.05, 3.63) is 35.4 Å². The number of carbonyl (C=O) groups is 1. The van der Waals surface area contributed by atoms with Gasteiger partial charge >= 0.3 is 0 Å². The molecule has 1 rings (SSSR count). The highest BCUT2D eigenvalue weighted by atomic mass is 19.1. The number of nitriles is 1. The molecular formula is C11H10F2N2O. The predicted octanol–water partition coefficient (Wildman–Crippen LogP) is 2.00. The second kappa shape index (κ2) is 4.27. The van der Waals surface area contributed by atoms with Crippen LogP contribution in [0.5, 0.6) is 0 Å². The Hall–Kier alpha value is -1.96. The van der Waals surface area contributed by atoms with E-state index in [9.17, 15) is 13.6 Å². The van der Waals surface area contributed by atoms with Gasteiger partial charge in [0.25, 0.3) is 5.91 Å². The third-order valence-electron chi connectivity index (χ3n) is 1.88. The number of benzene rings is 1. The van der Waals surface area contributed by atoms with Crippen LogP contribution in [0.3, 0.4) is 0 Å². The Balaban J connectivity index is 2.98. The van der Waals surface area contributed by atoms with Gasteiger partial charge in [-0.1, -0.05) is 0 Å². The number of nitrogens with one attached hydrogen (secondary N) is 1. The molecule has 3 nitrogen and oxygen atoms in total. The molecule has 0 bridgehead atoms. The quantitative estimate of drug-likeness (QED) is 0.835. The molecule has 0 radical (unpaired) electrons. The van der Waals surface area contributed by atoms with Crippen LogP contribution >= 0.6 is 0 Å². The molecule has 0 saturated carbocycles. The van der Waals surface area contributed by atoms with Crippen molar-refractivity contribution >= 4 is 5.91 Å². The molecule has 1 amide bonds. The van der Waals surface area contributed by atoms with Gasteiger partial charge in [-0.25, -0.2) is 8.78 Å². The molecule has 0 unspecified atom stereocenters. The van der Waals surface area contributed by atoms with Gasteiger partial charge in [0, 0.05) is 0 Å². The summed E-state index contributed by atoms with van der Waals surface area (Å²) in [7, 11) is 0. The fourth-order valence-corrected chi connectivity index (χ4v) is 1.05. The summed E-state index contributed by atoms with van der Waals surface area (Å²) in [4.78, 5) is 11.5. The van der Waals surface area contributed by atoms with E-state index in [1.54, 1.807) is 0 Å². The molecule has 1 aromatic carbocycles. The number of nitrogens with zero attached hydrogens (tertiary/aromatic N) is 1. The summed E-state index contributed by atoms with van der Waals surface area (Å²) in [6.45, 7) is 2.92. The number of carbonyl (C=O) groups excluding carboxylic acids is 1. The van der Waals surface area contributed by atoms with Crippen molar-refractivity contribution in [3.63, 3.8) is 0 Å². The van der Waals surface area contributed by atoms with Gasteiger partial charge in [-0.05, 0) is 32.0 Å². The van der Waals surface area contributed by atoms with E-state index in [4.69, 9.17) is 5.26 Å². The summed E-state index contributed by atoms with van der Waals surface area (Å²) < 4.78 is 26.0. The first-order chi connectivity index (χ1) is 7.35. The van der Waals surface area contributed by atoms with E-state index >= 15 is 0 Å². The van der Waals surface area contributed by atoms with Crippen molar-refractivity contribution in [2.24, 2.45) is 0 Å². The highest BCUT2D eigenvalue weighted by Crippen LogP contribution is 2.11. The molecular weight excluding hydrogens is 214 g/mol. The van der Waals surface area contributed by atoms with Crippen molar-refractivity contribution in [1.82, 2.24) is 5.32 Å². The third-order valence-corrected chi connectivity index (χ3v) is 1.88. The van der Waals surface area contributed by atoms with Crippen LogP contribution in [0.25, 0.3) is 0 Å². The molecule has 0 aliphatic rings. The first kappa shape index (κ1) is 12.1. The Kier molecular flexibility index (Phi) is 3.23. The molecule has 5 heteroatoms. The highest BCUT2D eigenvalue weighted by molar-refractivity contribution is 5.95. The minimum absolute atomic E-state index is 0.414. The molecule has 0 spiro atoms. The average molecular weight is 224 g/mol. The maximum atomic E-state index is 13.2. The summed E-state index contributed by atoms with van der Waals surface area (Å²) in [5.41, 5.74) is -1.54. The lowest BCUT2D eigenvalue weighted by molar-refractivity contribution is 0.0924. The molecule has 0 saturated heterocycles. The van der Waals surface area contributed by atoms with Crippen LogP contribution in [-0.2, 0) is 0 Å². The van der Waals surface area contributed by atoms with E-state index in [0.717, 1.165) is 18.2 Å². The van der Waals surface area contributed by atoms with Crippen molar-refractivity contribution in [3.8, 4) is 6.07 Å². The first-order valence-electron chi connectivity index (χ1n) is 4.54. The maximum Gasteiger partial charge on any atom is 0.255 e. The second-order valence-electron chi connectivity index (χ2n) is 3.82. The zero-order valence-electron chi connectivity index (χ0n) is 8.84. The van der Waals surface area contributed by atoms with E-state index < -0.39 is 28.6 Å². The zero-order valence-corrected chi connectivity index (χ0v) is 8.84. The van der Waals surface area contributed by atoms with E-state index in [-0.39, 0.29) is 0 Å². The molecule has 1 aromatic rings. The minimum atomic E-state index is -1.13. The smallest absolute Gasteiger partial charge is 0.255 e. The van der Waals surface area contributed by atoms with Crippen LogP contribution in [0.2, 0.25) is 0 Å². The van der Waals surface area contributed by atoms with Crippen LogP contribution < -0.4 is 5.32 Å². The van der Waals surface area contributed by atoms with Crippen molar-refractivity contribution < 1.29 is 13.6 Å². The molecule has 1 N–H and O–H groups in total. The normalized spacial score (nSPS) is 10.7. The van der Waals surface area contributed by atoms with Crippen molar-refractivity contribution in [1.29, 1.82) is 5.26 Å². The molecule has 84 valence electrons. The first-order valence-corrected chi connectivity index (χ1v) is 4.54. The van der Waals surface area contributed by atoms with Crippen LogP contribution in [0.1, 0.15) is 24.2 Å². The fourth-order valence-electron chi connectivity index (χ4n) is 1.05. The lowest BCUT2D eigenvalue weighted by atomic mass is 10.1. The number of halogens is 2. The van der Waals surface area contributed by atoms with E-state index in [1.807, 2.05) is 6.07 Å². The number of rotatable bonds is 2. The van der Waals surface area contributed by atoms with Crippen molar-refractivity contribution in [2.75, 3.05) is 0 Å². The van der Waals surface area contributed by atoms with Gasteiger partial charge in [0.15, 0.2) is 0 Å². The molecule has 0 fully saturated rings. The standard InChI is InChI=1S/C11H10F2N2O/c1-11(2,6-14)15-10(16)8-5-7(12)3-4-9(8)13/h3-5H,1-2H3,(H,15,16). The molecule has 0 heterocycles. The maximum absolute atomic E-state index is 13.2. The Morgan fingerprint density at radius 2 is 2.06 bits per heavy atom. The van der Waals surface area contributed by atoms with Gasteiger partial charge in [-0.2, -0.15) is 5.26 Å². The summed E-state index contributed by atoms with van der Waals surface area (Å²) in [5.74, 6) is -2.35. The SMILES string of the molecule is CC(C)(C#N)NC(=O)c1cc(F)ccc1F. The Bertz CT molecular complexity index is 464. The number of amides is 1. The Morgan fingerprint density at radius 1 is 1.44 bits per heavy atom. The predicted molar refractivity (Wildman–Crippen MR) is 53.5 cm³/mol. The van der Waals surface area contributed by atoms with Gasteiger partial charge in [0.2, 0.25) is 0 Å². The van der Waals surface area contributed by atoms with Gasteiger partial charge in [-0.3, -0.25) is 4.79 Å². The van der Waals surface area contributed by atoms with Crippen LogP contribution in [0, 0.1) is 23.0 Å². The zero-order chi connectivity index (χ0) is 12.3. The lowest BCUT2D eigenvalue weighted by Gasteiger charge is -2.17. The van der Waals surface area contributed by atoms with E-state index in [1.165, 1.54) is 13.8 Å². The van der Waals surface area contributed by atoms with Crippen LogP contribution in [0.4, 0.5) is 8.78 Å². The largest absolute Gasteiger partial charge is 0.334 e. The van der Waals surface area contributed by atoms with Gasteiger partial charge in [0.1, 0.15) is 17.2 Å². The molecule has 0 aliphatic heterocycles. The number of hydrogen-bond donors (Lipinski definition) is 1.